The topological polar surface area (TPSA) is 43.4 Å². The van der Waals surface area contributed by atoms with E-state index in [4.69, 9.17) is 4.74 Å². The molecule has 0 aliphatic heterocycles. The van der Waals surface area contributed by atoms with E-state index in [1.807, 2.05) is 18.2 Å². The maximum Gasteiger partial charge on any atom is 0.308 e. The second kappa shape index (κ2) is 10.4. The standard InChI is InChI=1S/C16H22O3.ClH/c1-13(17)7-6-10-15(16(18)19-2)12-11-14-8-4-3-5-9-14;/h3-5,8-9,15H,6-7,10-12H2,1-2H3;1H/t15-;/m1./s1. The van der Waals surface area contributed by atoms with E-state index in [0.717, 1.165) is 25.7 Å². The zero-order chi connectivity index (χ0) is 14.1. The van der Waals surface area contributed by atoms with Gasteiger partial charge < -0.3 is 9.53 Å². The van der Waals surface area contributed by atoms with E-state index in [1.165, 1.54) is 12.7 Å². The Balaban J connectivity index is 0.00000361. The van der Waals surface area contributed by atoms with E-state index in [-0.39, 0.29) is 30.1 Å². The molecular weight excluding hydrogens is 276 g/mol. The maximum absolute atomic E-state index is 11.7. The van der Waals surface area contributed by atoms with Gasteiger partial charge in [-0.2, -0.15) is 0 Å². The Morgan fingerprint density at radius 3 is 2.35 bits per heavy atom. The molecule has 0 aromatic heterocycles. The van der Waals surface area contributed by atoms with Crippen LogP contribution in [-0.4, -0.2) is 18.9 Å². The number of hydrogen-bond acceptors (Lipinski definition) is 3. The Morgan fingerprint density at radius 1 is 1.15 bits per heavy atom. The average Bonchev–Trinajstić information content (AvgIpc) is 2.42. The van der Waals surface area contributed by atoms with Crippen LogP contribution in [0.3, 0.4) is 0 Å². The van der Waals surface area contributed by atoms with Crippen molar-refractivity contribution in [3.8, 4) is 0 Å². The summed E-state index contributed by atoms with van der Waals surface area (Å²) < 4.78 is 4.83. The lowest BCUT2D eigenvalue weighted by molar-refractivity contribution is -0.146. The summed E-state index contributed by atoms with van der Waals surface area (Å²) in [4.78, 5) is 22.6. The van der Waals surface area contributed by atoms with Gasteiger partial charge in [0, 0.05) is 6.42 Å². The molecule has 1 aromatic carbocycles. The number of methoxy groups -OCH3 is 1. The van der Waals surface area contributed by atoms with Gasteiger partial charge in [-0.15, -0.1) is 12.4 Å². The molecule has 0 bridgehead atoms. The van der Waals surface area contributed by atoms with Crippen LogP contribution in [0.1, 0.15) is 38.2 Å². The zero-order valence-corrected chi connectivity index (χ0v) is 12.9. The van der Waals surface area contributed by atoms with Crippen molar-refractivity contribution >= 4 is 24.2 Å². The first-order chi connectivity index (χ1) is 9.13. The van der Waals surface area contributed by atoms with Crippen LogP contribution in [-0.2, 0) is 20.7 Å². The summed E-state index contributed by atoms with van der Waals surface area (Å²) in [6, 6.07) is 10.1. The Morgan fingerprint density at radius 2 is 1.80 bits per heavy atom. The summed E-state index contributed by atoms with van der Waals surface area (Å²) in [6.45, 7) is 1.58. The molecule has 0 heterocycles. The lowest BCUT2D eigenvalue weighted by atomic mass is 9.94. The van der Waals surface area contributed by atoms with Crippen LogP contribution in [0.25, 0.3) is 0 Å². The van der Waals surface area contributed by atoms with E-state index in [9.17, 15) is 9.59 Å². The monoisotopic (exact) mass is 298 g/mol. The van der Waals surface area contributed by atoms with E-state index >= 15 is 0 Å². The zero-order valence-electron chi connectivity index (χ0n) is 12.1. The summed E-state index contributed by atoms with van der Waals surface area (Å²) in [7, 11) is 1.42. The first kappa shape index (κ1) is 18.7. The molecule has 0 aliphatic rings. The third-order valence-electron chi connectivity index (χ3n) is 3.24. The largest absolute Gasteiger partial charge is 0.469 e. The van der Waals surface area contributed by atoms with Crippen molar-refractivity contribution in [1.82, 2.24) is 0 Å². The second-order valence-corrected chi connectivity index (χ2v) is 4.84. The number of ether oxygens (including phenoxy) is 1. The van der Waals surface area contributed by atoms with Crippen LogP contribution in [0.15, 0.2) is 30.3 Å². The predicted octanol–water partition coefficient (Wildman–Crippen LogP) is 3.59. The highest BCUT2D eigenvalue weighted by molar-refractivity contribution is 5.85. The van der Waals surface area contributed by atoms with Gasteiger partial charge >= 0.3 is 5.97 Å². The molecule has 3 nitrogen and oxygen atoms in total. The number of aryl methyl sites for hydroxylation is 1. The van der Waals surface area contributed by atoms with Gasteiger partial charge in [-0.25, -0.2) is 0 Å². The van der Waals surface area contributed by atoms with Crippen molar-refractivity contribution in [3.63, 3.8) is 0 Å². The quantitative estimate of drug-likeness (QED) is 0.689. The first-order valence-electron chi connectivity index (χ1n) is 6.74. The van der Waals surface area contributed by atoms with Crippen molar-refractivity contribution in [2.75, 3.05) is 7.11 Å². The minimum absolute atomic E-state index is 0. The SMILES string of the molecule is COC(=O)[C@H](CCCC(C)=O)CCc1ccccc1.Cl. The third kappa shape index (κ3) is 7.29. The number of benzene rings is 1. The molecule has 0 amide bonds. The van der Waals surface area contributed by atoms with E-state index in [1.54, 1.807) is 6.92 Å². The van der Waals surface area contributed by atoms with Gasteiger partial charge in [0.2, 0.25) is 0 Å². The van der Waals surface area contributed by atoms with Crippen LogP contribution < -0.4 is 0 Å². The van der Waals surface area contributed by atoms with Crippen LogP contribution >= 0.6 is 12.4 Å². The van der Waals surface area contributed by atoms with Crippen molar-refractivity contribution in [2.24, 2.45) is 5.92 Å². The highest BCUT2D eigenvalue weighted by atomic mass is 35.5. The Kier molecular flexibility index (Phi) is 9.73. The number of halogens is 1. The predicted molar refractivity (Wildman–Crippen MR) is 82.0 cm³/mol. The normalized spacial score (nSPS) is 11.3. The molecule has 0 unspecified atom stereocenters. The highest BCUT2D eigenvalue weighted by Crippen LogP contribution is 2.18. The molecule has 0 fully saturated rings. The summed E-state index contributed by atoms with van der Waals surface area (Å²) in [5, 5.41) is 0. The molecule has 0 spiro atoms. The summed E-state index contributed by atoms with van der Waals surface area (Å²) in [6.07, 6.45) is 3.65. The van der Waals surface area contributed by atoms with Gasteiger partial charge in [0.05, 0.1) is 13.0 Å². The van der Waals surface area contributed by atoms with Gasteiger partial charge in [0.25, 0.3) is 0 Å². The molecule has 0 radical (unpaired) electrons. The number of carbonyl (C=O) groups excluding carboxylic acids is 2. The number of esters is 1. The molecule has 112 valence electrons. The molecule has 0 N–H and O–H groups in total. The molecule has 0 saturated heterocycles. The number of rotatable bonds is 8. The summed E-state index contributed by atoms with van der Waals surface area (Å²) in [5.74, 6) is -0.101. The molecular formula is C16H23ClO3. The Labute approximate surface area is 127 Å². The molecule has 1 aromatic rings. The lowest BCUT2D eigenvalue weighted by Gasteiger charge is -2.14. The number of ketones is 1. The molecule has 4 heteroatoms. The van der Waals surface area contributed by atoms with Crippen LogP contribution in [0, 0.1) is 5.92 Å². The van der Waals surface area contributed by atoms with Crippen LogP contribution in [0.5, 0.6) is 0 Å². The second-order valence-electron chi connectivity index (χ2n) is 4.84. The van der Waals surface area contributed by atoms with Crippen molar-refractivity contribution in [1.29, 1.82) is 0 Å². The Hall–Kier alpha value is -1.35. The van der Waals surface area contributed by atoms with Crippen molar-refractivity contribution in [3.05, 3.63) is 35.9 Å². The van der Waals surface area contributed by atoms with E-state index in [2.05, 4.69) is 12.1 Å². The molecule has 20 heavy (non-hydrogen) atoms. The number of Topliss-reactive ketones (excluding diaryl/α,β-unsaturated/α-hetero) is 1. The molecule has 0 saturated carbocycles. The first-order valence-corrected chi connectivity index (χ1v) is 6.74. The lowest BCUT2D eigenvalue weighted by Crippen LogP contribution is -2.17. The fourth-order valence-corrected chi connectivity index (χ4v) is 2.13. The minimum Gasteiger partial charge on any atom is -0.469 e. The maximum atomic E-state index is 11.7. The summed E-state index contributed by atoms with van der Waals surface area (Å²) in [5.41, 5.74) is 1.22. The molecule has 0 aliphatic carbocycles. The van der Waals surface area contributed by atoms with Crippen LogP contribution in [0.2, 0.25) is 0 Å². The van der Waals surface area contributed by atoms with Crippen molar-refractivity contribution in [2.45, 2.75) is 39.0 Å². The molecule has 1 atom stereocenters. The van der Waals surface area contributed by atoms with E-state index < -0.39 is 0 Å². The van der Waals surface area contributed by atoms with Gasteiger partial charge in [0.15, 0.2) is 0 Å². The Bertz CT molecular complexity index is 403. The fourth-order valence-electron chi connectivity index (χ4n) is 2.13. The van der Waals surface area contributed by atoms with Gasteiger partial charge in [-0.05, 0) is 38.2 Å². The highest BCUT2D eigenvalue weighted by Gasteiger charge is 2.18. The van der Waals surface area contributed by atoms with Gasteiger partial charge in [0.1, 0.15) is 5.78 Å². The van der Waals surface area contributed by atoms with Crippen LogP contribution in [0.4, 0.5) is 0 Å². The third-order valence-corrected chi connectivity index (χ3v) is 3.24. The molecule has 1 rings (SSSR count). The summed E-state index contributed by atoms with van der Waals surface area (Å²) >= 11 is 0. The van der Waals surface area contributed by atoms with Gasteiger partial charge in [-0.3, -0.25) is 4.79 Å². The van der Waals surface area contributed by atoms with E-state index in [0.29, 0.717) is 6.42 Å². The minimum atomic E-state index is -0.167. The average molecular weight is 299 g/mol. The smallest absolute Gasteiger partial charge is 0.308 e. The van der Waals surface area contributed by atoms with Crippen molar-refractivity contribution < 1.29 is 14.3 Å². The van der Waals surface area contributed by atoms with Gasteiger partial charge in [-0.1, -0.05) is 30.3 Å². The number of carbonyl (C=O) groups is 2. The fraction of sp³-hybridized carbons (Fsp3) is 0.500. The number of hydrogen-bond donors (Lipinski definition) is 0.